The Balaban J connectivity index is 1.59. The number of hydrogen-bond acceptors (Lipinski definition) is 7. The Morgan fingerprint density at radius 3 is 2.59 bits per heavy atom. The average molecular weight is 464 g/mol. The van der Waals surface area contributed by atoms with E-state index in [1.165, 1.54) is 19.2 Å². The maximum Gasteiger partial charge on any atom is 0.338 e. The number of nitrogens with one attached hydrogen (secondary N) is 1. The number of esters is 1. The summed E-state index contributed by atoms with van der Waals surface area (Å²) in [5.74, 6) is 0.917. The van der Waals surface area contributed by atoms with E-state index in [2.05, 4.69) is 5.32 Å². The first-order chi connectivity index (χ1) is 15.4. The van der Waals surface area contributed by atoms with Crippen LogP contribution in [-0.4, -0.2) is 45.4 Å². The molecule has 8 nitrogen and oxygen atoms in total. The second kappa shape index (κ2) is 10.9. The van der Waals surface area contributed by atoms with Crippen molar-refractivity contribution in [2.45, 2.75) is 20.3 Å². The second-order valence-electron chi connectivity index (χ2n) is 7.53. The van der Waals surface area contributed by atoms with E-state index in [0.29, 0.717) is 48.5 Å². The maximum absolute atomic E-state index is 12.4. The van der Waals surface area contributed by atoms with Crippen molar-refractivity contribution < 1.29 is 33.3 Å². The van der Waals surface area contributed by atoms with E-state index in [4.69, 9.17) is 35.3 Å². The summed E-state index contributed by atoms with van der Waals surface area (Å²) in [6, 6.07) is 7.96. The molecule has 2 aromatic rings. The molecule has 0 atom stereocenters. The van der Waals surface area contributed by atoms with Gasteiger partial charge in [0, 0.05) is 18.2 Å². The maximum atomic E-state index is 12.4. The van der Waals surface area contributed by atoms with Crippen molar-refractivity contribution in [1.82, 2.24) is 0 Å². The lowest BCUT2D eigenvalue weighted by Crippen LogP contribution is -2.21. The van der Waals surface area contributed by atoms with Crippen molar-refractivity contribution >= 4 is 29.2 Å². The van der Waals surface area contributed by atoms with Gasteiger partial charge in [-0.3, -0.25) is 4.79 Å². The van der Waals surface area contributed by atoms with Gasteiger partial charge in [0.2, 0.25) is 0 Å². The molecule has 32 heavy (non-hydrogen) atoms. The first-order valence-corrected chi connectivity index (χ1v) is 10.6. The Kier molecular flexibility index (Phi) is 8.05. The Bertz CT molecular complexity index is 977. The van der Waals surface area contributed by atoms with Crippen LogP contribution in [0.5, 0.6) is 23.0 Å². The number of hydrogen-bond donors (Lipinski definition) is 1. The van der Waals surface area contributed by atoms with E-state index >= 15 is 0 Å². The van der Waals surface area contributed by atoms with Crippen LogP contribution in [0.25, 0.3) is 0 Å². The zero-order chi connectivity index (χ0) is 23.1. The molecule has 1 aliphatic rings. The normalized spacial score (nSPS) is 12.7. The third-order valence-electron chi connectivity index (χ3n) is 4.39. The van der Waals surface area contributed by atoms with Crippen LogP contribution < -0.4 is 24.3 Å². The topological polar surface area (TPSA) is 92.3 Å². The molecule has 3 rings (SSSR count). The molecule has 0 radical (unpaired) electrons. The zero-order valence-corrected chi connectivity index (χ0v) is 19.0. The van der Waals surface area contributed by atoms with Crippen molar-refractivity contribution in [3.8, 4) is 23.0 Å². The first kappa shape index (κ1) is 23.5. The molecular weight excluding hydrogens is 438 g/mol. The summed E-state index contributed by atoms with van der Waals surface area (Å²) < 4.78 is 27.3. The molecule has 0 aliphatic carbocycles. The molecule has 0 fully saturated rings. The minimum atomic E-state index is -0.713. The molecule has 0 aromatic heterocycles. The van der Waals surface area contributed by atoms with Crippen molar-refractivity contribution in [1.29, 1.82) is 0 Å². The van der Waals surface area contributed by atoms with Crippen LogP contribution in [-0.2, 0) is 9.53 Å². The second-order valence-corrected chi connectivity index (χ2v) is 7.94. The molecule has 1 aliphatic heterocycles. The lowest BCUT2D eigenvalue weighted by atomic mass is 10.2. The van der Waals surface area contributed by atoms with Gasteiger partial charge >= 0.3 is 5.97 Å². The summed E-state index contributed by atoms with van der Waals surface area (Å²) in [7, 11) is 1.45. The molecule has 172 valence electrons. The number of halogens is 1. The molecule has 0 spiro atoms. The summed E-state index contributed by atoms with van der Waals surface area (Å²) >= 11 is 6.27. The molecule has 1 amide bonds. The molecule has 0 bridgehead atoms. The third kappa shape index (κ3) is 6.20. The molecule has 0 saturated carbocycles. The minimum absolute atomic E-state index is 0.145. The monoisotopic (exact) mass is 463 g/mol. The van der Waals surface area contributed by atoms with Crippen LogP contribution in [0.15, 0.2) is 30.3 Å². The fourth-order valence-electron chi connectivity index (χ4n) is 2.88. The summed E-state index contributed by atoms with van der Waals surface area (Å²) in [6.45, 7) is 5.09. The summed E-state index contributed by atoms with van der Waals surface area (Å²) in [6.07, 6.45) is 0.784. The van der Waals surface area contributed by atoms with Gasteiger partial charge in [0.1, 0.15) is 0 Å². The molecule has 1 N–H and O–H groups in total. The van der Waals surface area contributed by atoms with Gasteiger partial charge in [-0.25, -0.2) is 4.79 Å². The quantitative estimate of drug-likeness (QED) is 0.582. The lowest BCUT2D eigenvalue weighted by molar-refractivity contribution is -0.119. The molecule has 0 saturated heterocycles. The van der Waals surface area contributed by atoms with E-state index < -0.39 is 18.5 Å². The van der Waals surface area contributed by atoms with E-state index in [9.17, 15) is 9.59 Å². The number of fused-ring (bicyclic) bond motifs is 1. The molecule has 2 aromatic carbocycles. The third-order valence-corrected chi connectivity index (χ3v) is 4.67. The van der Waals surface area contributed by atoms with Gasteiger partial charge in [0.25, 0.3) is 5.91 Å². The number of methoxy groups -OCH3 is 1. The van der Waals surface area contributed by atoms with Gasteiger partial charge in [0.05, 0.1) is 37.5 Å². The number of benzene rings is 2. The first-order valence-electron chi connectivity index (χ1n) is 10.2. The fourth-order valence-corrected chi connectivity index (χ4v) is 3.15. The van der Waals surface area contributed by atoms with Gasteiger partial charge in [-0.1, -0.05) is 25.4 Å². The number of carbonyl (C=O) groups excluding carboxylic acids is 2. The Labute approximate surface area is 191 Å². The highest BCUT2D eigenvalue weighted by molar-refractivity contribution is 6.32. The van der Waals surface area contributed by atoms with Gasteiger partial charge < -0.3 is 29.0 Å². The Morgan fingerprint density at radius 2 is 1.88 bits per heavy atom. The van der Waals surface area contributed by atoms with Gasteiger partial charge in [-0.05, 0) is 30.2 Å². The predicted octanol–water partition coefficient (Wildman–Crippen LogP) is 4.34. The average Bonchev–Trinajstić information content (AvgIpc) is 3.01. The van der Waals surface area contributed by atoms with Crippen LogP contribution in [0.3, 0.4) is 0 Å². The highest BCUT2D eigenvalue weighted by atomic mass is 35.5. The number of ether oxygens (including phenoxy) is 5. The van der Waals surface area contributed by atoms with E-state index in [0.717, 1.165) is 6.42 Å². The van der Waals surface area contributed by atoms with Gasteiger partial charge in [0.15, 0.2) is 29.6 Å². The van der Waals surface area contributed by atoms with E-state index in [1.807, 2.05) is 13.8 Å². The molecule has 0 unspecified atom stereocenters. The zero-order valence-electron chi connectivity index (χ0n) is 18.2. The SMILES string of the molecule is COc1cc(C(=O)OCC(=O)Nc2ccc3c(c2)OCCCO3)cc(Cl)c1OCC(C)C. The smallest absolute Gasteiger partial charge is 0.338 e. The van der Waals surface area contributed by atoms with Crippen LogP contribution in [0.1, 0.15) is 30.6 Å². The van der Waals surface area contributed by atoms with Crippen molar-refractivity contribution in [3.63, 3.8) is 0 Å². The van der Waals surface area contributed by atoms with Crippen molar-refractivity contribution in [2.75, 3.05) is 38.9 Å². The van der Waals surface area contributed by atoms with Crippen molar-refractivity contribution in [2.24, 2.45) is 5.92 Å². The number of rotatable bonds is 8. The largest absolute Gasteiger partial charge is 0.493 e. The van der Waals surface area contributed by atoms with Crippen LogP contribution in [0.4, 0.5) is 5.69 Å². The highest BCUT2D eigenvalue weighted by Gasteiger charge is 2.19. The van der Waals surface area contributed by atoms with Crippen LogP contribution in [0, 0.1) is 5.92 Å². The molecular formula is C23H26ClNO7. The molecule has 1 heterocycles. The lowest BCUT2D eigenvalue weighted by Gasteiger charge is -2.15. The number of carbonyl (C=O) groups is 2. The van der Waals surface area contributed by atoms with Crippen LogP contribution in [0.2, 0.25) is 5.02 Å². The van der Waals surface area contributed by atoms with Crippen LogP contribution >= 0.6 is 11.6 Å². The highest BCUT2D eigenvalue weighted by Crippen LogP contribution is 2.37. The fraction of sp³-hybridized carbons (Fsp3) is 0.391. The van der Waals surface area contributed by atoms with E-state index in [1.54, 1.807) is 18.2 Å². The molecule has 9 heteroatoms. The van der Waals surface area contributed by atoms with Gasteiger partial charge in [-0.15, -0.1) is 0 Å². The number of anilines is 1. The summed E-state index contributed by atoms with van der Waals surface area (Å²) in [5.41, 5.74) is 0.652. The van der Waals surface area contributed by atoms with E-state index in [-0.39, 0.29) is 16.5 Å². The summed E-state index contributed by atoms with van der Waals surface area (Å²) in [4.78, 5) is 24.7. The summed E-state index contributed by atoms with van der Waals surface area (Å²) in [5, 5.41) is 2.88. The Morgan fingerprint density at radius 1 is 1.12 bits per heavy atom. The van der Waals surface area contributed by atoms with Gasteiger partial charge in [-0.2, -0.15) is 0 Å². The number of amides is 1. The standard InChI is InChI=1S/C23H26ClNO7/c1-14(2)12-31-22-17(24)9-15(10-20(22)28-3)23(27)32-13-21(26)25-16-5-6-18-19(11-16)30-8-4-7-29-18/h5-6,9-11,14H,4,7-8,12-13H2,1-3H3,(H,25,26). The minimum Gasteiger partial charge on any atom is -0.493 e. The Hall–Kier alpha value is -3.13. The van der Waals surface area contributed by atoms with Crippen molar-refractivity contribution in [3.05, 3.63) is 40.9 Å². The predicted molar refractivity (Wildman–Crippen MR) is 119 cm³/mol.